The molecule has 2 heterocycles. The van der Waals surface area contributed by atoms with Gasteiger partial charge in [-0.2, -0.15) is 0 Å². The van der Waals surface area contributed by atoms with Crippen LogP contribution in [-0.4, -0.2) is 19.8 Å². The molecule has 0 aliphatic heterocycles. The third-order valence-electron chi connectivity index (χ3n) is 1.19. The topological polar surface area (TPSA) is 69.1 Å². The smallest absolute Gasteiger partial charge is 0.177 e. The Bertz CT molecular complexity index is 352. The van der Waals surface area contributed by atoms with Crippen LogP contribution in [0.2, 0.25) is 0 Å². The number of anilines is 1. The summed E-state index contributed by atoms with van der Waals surface area (Å²) >= 11 is 0. The van der Waals surface area contributed by atoms with Crippen LogP contribution in [-0.2, 0) is 0 Å². The summed E-state index contributed by atoms with van der Waals surface area (Å²) in [5, 5.41) is 7.35. The standard InChI is InChI=1S/C5H5N5/c6-4-1-2-10-5(8-4)3-7-9-10/h1-3H,(H2,6,8). The molecule has 0 atom stereocenters. The second-order valence-electron chi connectivity index (χ2n) is 1.89. The highest BCUT2D eigenvalue weighted by Crippen LogP contribution is 1.98. The largest absolute Gasteiger partial charge is 0.384 e. The second-order valence-corrected chi connectivity index (χ2v) is 1.89. The van der Waals surface area contributed by atoms with Crippen molar-refractivity contribution >= 4 is 11.5 Å². The number of fused-ring (bicyclic) bond motifs is 1. The van der Waals surface area contributed by atoms with E-state index in [9.17, 15) is 0 Å². The molecule has 5 nitrogen and oxygen atoms in total. The lowest BCUT2D eigenvalue weighted by atomic mass is 10.6. The van der Waals surface area contributed by atoms with Gasteiger partial charge in [0.15, 0.2) is 5.65 Å². The third kappa shape index (κ3) is 0.604. The van der Waals surface area contributed by atoms with E-state index in [0.717, 1.165) is 0 Å². The molecule has 0 aliphatic carbocycles. The van der Waals surface area contributed by atoms with Crippen LogP contribution >= 0.6 is 0 Å². The molecule has 2 aromatic heterocycles. The van der Waals surface area contributed by atoms with E-state index < -0.39 is 0 Å². The third-order valence-corrected chi connectivity index (χ3v) is 1.19. The van der Waals surface area contributed by atoms with Crippen molar-refractivity contribution in [2.45, 2.75) is 0 Å². The molecule has 0 bridgehead atoms. The highest BCUT2D eigenvalue weighted by Gasteiger charge is 1.93. The summed E-state index contributed by atoms with van der Waals surface area (Å²) in [4.78, 5) is 3.95. The molecular formula is C5H5N5. The Morgan fingerprint density at radius 1 is 1.50 bits per heavy atom. The van der Waals surface area contributed by atoms with Crippen LogP contribution in [0.4, 0.5) is 5.82 Å². The average Bonchev–Trinajstić information content (AvgIpc) is 2.33. The zero-order chi connectivity index (χ0) is 6.97. The van der Waals surface area contributed by atoms with Gasteiger partial charge < -0.3 is 5.73 Å². The Morgan fingerprint density at radius 2 is 2.40 bits per heavy atom. The molecule has 2 rings (SSSR count). The minimum atomic E-state index is 0.481. The van der Waals surface area contributed by atoms with Crippen molar-refractivity contribution in [2.24, 2.45) is 0 Å². The fourth-order valence-electron chi connectivity index (χ4n) is 0.741. The second kappa shape index (κ2) is 1.66. The Labute approximate surface area is 56.5 Å². The van der Waals surface area contributed by atoms with Gasteiger partial charge in [0.25, 0.3) is 0 Å². The van der Waals surface area contributed by atoms with E-state index in [1.54, 1.807) is 23.0 Å². The first-order chi connectivity index (χ1) is 4.86. The first-order valence-corrected chi connectivity index (χ1v) is 2.79. The molecule has 5 heteroatoms. The van der Waals surface area contributed by atoms with Crippen LogP contribution in [0.15, 0.2) is 18.5 Å². The monoisotopic (exact) mass is 135 g/mol. The molecule has 0 unspecified atom stereocenters. The number of hydrogen-bond acceptors (Lipinski definition) is 4. The summed E-state index contributed by atoms with van der Waals surface area (Å²) in [6.07, 6.45) is 3.26. The number of nitrogens with zero attached hydrogens (tertiary/aromatic N) is 4. The van der Waals surface area contributed by atoms with Crippen LogP contribution in [0, 0.1) is 0 Å². The van der Waals surface area contributed by atoms with Gasteiger partial charge in [-0.25, -0.2) is 9.50 Å². The molecule has 2 N–H and O–H groups in total. The van der Waals surface area contributed by atoms with E-state index in [1.807, 2.05) is 0 Å². The van der Waals surface area contributed by atoms with E-state index >= 15 is 0 Å². The molecular weight excluding hydrogens is 130 g/mol. The summed E-state index contributed by atoms with van der Waals surface area (Å²) in [6, 6.07) is 1.67. The fraction of sp³-hybridized carbons (Fsp3) is 0. The molecule has 0 radical (unpaired) electrons. The maximum Gasteiger partial charge on any atom is 0.177 e. The molecule has 50 valence electrons. The minimum absolute atomic E-state index is 0.481. The quantitative estimate of drug-likeness (QED) is 0.538. The van der Waals surface area contributed by atoms with E-state index in [0.29, 0.717) is 11.5 Å². The zero-order valence-corrected chi connectivity index (χ0v) is 5.10. The van der Waals surface area contributed by atoms with Crippen molar-refractivity contribution in [3.05, 3.63) is 18.5 Å². The molecule has 0 spiro atoms. The van der Waals surface area contributed by atoms with Gasteiger partial charge in [0, 0.05) is 6.20 Å². The number of rotatable bonds is 0. The summed E-state index contributed by atoms with van der Waals surface area (Å²) in [6.45, 7) is 0. The Hall–Kier alpha value is -1.65. The highest BCUT2D eigenvalue weighted by atomic mass is 15.4. The molecule has 0 amide bonds. The van der Waals surface area contributed by atoms with Gasteiger partial charge in [-0.3, -0.25) is 0 Å². The lowest BCUT2D eigenvalue weighted by Crippen LogP contribution is -1.94. The number of aromatic nitrogens is 4. The van der Waals surface area contributed by atoms with Crippen molar-refractivity contribution in [3.63, 3.8) is 0 Å². The average molecular weight is 135 g/mol. The van der Waals surface area contributed by atoms with Gasteiger partial charge in [0.05, 0.1) is 6.20 Å². The SMILES string of the molecule is Nc1ccn2nncc2n1. The van der Waals surface area contributed by atoms with Crippen molar-refractivity contribution in [1.29, 1.82) is 0 Å². The summed E-state index contributed by atoms with van der Waals surface area (Å²) in [7, 11) is 0. The number of hydrogen-bond donors (Lipinski definition) is 1. The van der Waals surface area contributed by atoms with E-state index in [4.69, 9.17) is 5.73 Å². The van der Waals surface area contributed by atoms with Crippen molar-refractivity contribution in [1.82, 2.24) is 19.8 Å². The molecule has 2 aromatic rings. The molecule has 10 heavy (non-hydrogen) atoms. The predicted molar refractivity (Wildman–Crippen MR) is 35.2 cm³/mol. The van der Waals surface area contributed by atoms with E-state index in [2.05, 4.69) is 15.3 Å². The van der Waals surface area contributed by atoms with E-state index in [-0.39, 0.29) is 0 Å². The normalized spacial score (nSPS) is 10.4. The lowest BCUT2D eigenvalue weighted by Gasteiger charge is -1.90. The highest BCUT2D eigenvalue weighted by molar-refractivity contribution is 5.40. The van der Waals surface area contributed by atoms with Gasteiger partial charge in [0.2, 0.25) is 0 Å². The predicted octanol–water partition coefficient (Wildman–Crippen LogP) is -0.294. The molecule has 0 saturated heterocycles. The van der Waals surface area contributed by atoms with Crippen LogP contribution < -0.4 is 5.73 Å². The Balaban J connectivity index is 2.86. The van der Waals surface area contributed by atoms with Crippen LogP contribution in [0.25, 0.3) is 5.65 Å². The first-order valence-electron chi connectivity index (χ1n) is 2.79. The lowest BCUT2D eigenvalue weighted by molar-refractivity contribution is 0.848. The maximum atomic E-state index is 5.40. The first kappa shape index (κ1) is 5.16. The summed E-state index contributed by atoms with van der Waals surface area (Å²) in [5.74, 6) is 0.481. The minimum Gasteiger partial charge on any atom is -0.384 e. The Morgan fingerprint density at radius 3 is 3.30 bits per heavy atom. The van der Waals surface area contributed by atoms with Gasteiger partial charge in [0.1, 0.15) is 5.82 Å². The van der Waals surface area contributed by atoms with Crippen LogP contribution in [0.5, 0.6) is 0 Å². The van der Waals surface area contributed by atoms with Gasteiger partial charge in [-0.15, -0.1) is 5.10 Å². The maximum absolute atomic E-state index is 5.40. The summed E-state index contributed by atoms with van der Waals surface area (Å²) < 4.78 is 1.55. The molecule has 0 aliphatic rings. The molecule has 0 aromatic carbocycles. The van der Waals surface area contributed by atoms with E-state index in [1.165, 1.54) is 0 Å². The van der Waals surface area contributed by atoms with Crippen LogP contribution in [0.3, 0.4) is 0 Å². The van der Waals surface area contributed by atoms with Crippen molar-refractivity contribution in [3.8, 4) is 0 Å². The summed E-state index contributed by atoms with van der Waals surface area (Å²) in [5.41, 5.74) is 6.07. The Kier molecular flexibility index (Phi) is 0.858. The van der Waals surface area contributed by atoms with Gasteiger partial charge >= 0.3 is 0 Å². The molecule has 0 saturated carbocycles. The van der Waals surface area contributed by atoms with Crippen molar-refractivity contribution < 1.29 is 0 Å². The van der Waals surface area contributed by atoms with Crippen molar-refractivity contribution in [2.75, 3.05) is 5.73 Å². The van der Waals surface area contributed by atoms with Gasteiger partial charge in [-0.1, -0.05) is 5.21 Å². The van der Waals surface area contributed by atoms with Gasteiger partial charge in [-0.05, 0) is 6.07 Å². The fourth-order valence-corrected chi connectivity index (χ4v) is 0.741. The zero-order valence-electron chi connectivity index (χ0n) is 5.10. The molecule has 0 fully saturated rings. The number of nitrogen functional groups attached to an aromatic ring is 1. The van der Waals surface area contributed by atoms with Crippen LogP contribution in [0.1, 0.15) is 0 Å². The number of nitrogens with two attached hydrogens (primary N) is 1.